The summed E-state index contributed by atoms with van der Waals surface area (Å²) in [5.74, 6) is -0.794. The predicted octanol–water partition coefficient (Wildman–Crippen LogP) is 2.42. The van der Waals surface area contributed by atoms with Crippen LogP contribution in [-0.2, 0) is 11.3 Å². The van der Waals surface area contributed by atoms with Crippen molar-refractivity contribution < 1.29 is 9.90 Å². The van der Waals surface area contributed by atoms with Gasteiger partial charge in [-0.2, -0.15) is 0 Å². The first-order chi connectivity index (χ1) is 8.65. The third kappa shape index (κ3) is 3.37. The molecule has 0 saturated carbocycles. The van der Waals surface area contributed by atoms with E-state index in [1.165, 1.54) is 17.3 Å². The maximum atomic E-state index is 10.6. The highest BCUT2D eigenvalue weighted by Gasteiger charge is 2.08. The summed E-state index contributed by atoms with van der Waals surface area (Å²) in [5.41, 5.74) is 2.07. The third-order valence-corrected chi connectivity index (χ3v) is 3.36. The van der Waals surface area contributed by atoms with Crippen molar-refractivity contribution in [3.63, 3.8) is 0 Å². The summed E-state index contributed by atoms with van der Waals surface area (Å²) in [6.07, 6.45) is 1.94. The first kappa shape index (κ1) is 12.7. The lowest BCUT2D eigenvalue weighted by Crippen LogP contribution is -2.03. The lowest BCUT2D eigenvalue weighted by atomic mass is 10.2. The first-order valence-corrected chi connectivity index (χ1v) is 6.56. The van der Waals surface area contributed by atoms with Crippen molar-refractivity contribution in [1.82, 2.24) is 9.55 Å². The van der Waals surface area contributed by atoms with E-state index in [1.807, 2.05) is 48.0 Å². The number of carbonyl (C=O) groups is 1. The Morgan fingerprint density at radius 2 is 2.11 bits per heavy atom. The van der Waals surface area contributed by atoms with Crippen molar-refractivity contribution >= 4 is 17.7 Å². The summed E-state index contributed by atoms with van der Waals surface area (Å²) >= 11 is 1.25. The molecule has 0 atom stereocenters. The second-order valence-electron chi connectivity index (χ2n) is 3.96. The van der Waals surface area contributed by atoms with Gasteiger partial charge in [0.2, 0.25) is 0 Å². The number of carboxylic acid groups (broad SMARTS) is 1. The van der Waals surface area contributed by atoms with Gasteiger partial charge in [-0.05, 0) is 12.5 Å². The average molecular weight is 262 g/mol. The van der Waals surface area contributed by atoms with Gasteiger partial charge in [-0.1, -0.05) is 42.1 Å². The number of carboxylic acids is 1. The molecule has 0 radical (unpaired) electrons. The molecule has 0 aliphatic heterocycles. The molecule has 0 spiro atoms. The minimum absolute atomic E-state index is 0.0330. The highest BCUT2D eigenvalue weighted by atomic mass is 32.2. The number of hydrogen-bond donors (Lipinski definition) is 1. The van der Waals surface area contributed by atoms with Crippen LogP contribution in [0.25, 0.3) is 0 Å². The molecular formula is C13H14N2O2S. The largest absolute Gasteiger partial charge is 0.481 e. The molecule has 5 heteroatoms. The summed E-state index contributed by atoms with van der Waals surface area (Å²) in [6, 6.07) is 10.0. The molecule has 94 valence electrons. The van der Waals surface area contributed by atoms with Gasteiger partial charge in [0.1, 0.15) is 0 Å². The number of aliphatic carboxylic acids is 1. The number of thioether (sulfide) groups is 1. The number of imidazole rings is 1. The van der Waals surface area contributed by atoms with Crippen molar-refractivity contribution in [2.24, 2.45) is 0 Å². The monoisotopic (exact) mass is 262 g/mol. The first-order valence-electron chi connectivity index (χ1n) is 5.57. The lowest BCUT2D eigenvalue weighted by molar-refractivity contribution is -0.133. The molecule has 0 amide bonds. The van der Waals surface area contributed by atoms with Crippen molar-refractivity contribution in [1.29, 1.82) is 0 Å². The van der Waals surface area contributed by atoms with Crippen LogP contribution in [0.1, 0.15) is 11.3 Å². The zero-order chi connectivity index (χ0) is 13.0. The Labute approximate surface area is 110 Å². The number of benzene rings is 1. The molecule has 1 N–H and O–H groups in total. The topological polar surface area (TPSA) is 55.1 Å². The van der Waals surface area contributed by atoms with E-state index in [9.17, 15) is 4.79 Å². The van der Waals surface area contributed by atoms with E-state index in [0.717, 1.165) is 10.9 Å². The van der Waals surface area contributed by atoms with Crippen molar-refractivity contribution in [2.75, 3.05) is 5.75 Å². The molecule has 1 aromatic carbocycles. The maximum Gasteiger partial charge on any atom is 0.313 e. The molecule has 0 saturated heterocycles. The Balaban J connectivity index is 2.14. The Bertz CT molecular complexity index is 537. The van der Waals surface area contributed by atoms with Crippen LogP contribution >= 0.6 is 11.8 Å². The zero-order valence-corrected chi connectivity index (χ0v) is 10.9. The smallest absolute Gasteiger partial charge is 0.313 e. The Hall–Kier alpha value is -1.75. The molecule has 0 unspecified atom stereocenters. The number of aromatic nitrogens is 2. The van der Waals surface area contributed by atoms with Crippen molar-refractivity contribution in [3.05, 3.63) is 47.8 Å². The fraction of sp³-hybridized carbons (Fsp3) is 0.231. The zero-order valence-electron chi connectivity index (χ0n) is 10.0. The van der Waals surface area contributed by atoms with Crippen molar-refractivity contribution in [3.8, 4) is 0 Å². The standard InChI is InChI=1S/C13H14N2O2S/c1-10-7-15(8-11-5-3-2-4-6-11)13(14-10)18-9-12(16)17/h2-7H,8-9H2,1H3,(H,16,17). The number of rotatable bonds is 5. The Morgan fingerprint density at radius 3 is 2.78 bits per heavy atom. The van der Waals surface area contributed by atoms with E-state index in [2.05, 4.69) is 4.98 Å². The summed E-state index contributed by atoms with van der Waals surface area (Å²) in [7, 11) is 0. The van der Waals surface area contributed by atoms with E-state index in [-0.39, 0.29) is 5.75 Å². The fourth-order valence-electron chi connectivity index (χ4n) is 1.66. The van der Waals surface area contributed by atoms with Gasteiger partial charge in [0.15, 0.2) is 5.16 Å². The van der Waals surface area contributed by atoms with Gasteiger partial charge in [0, 0.05) is 12.7 Å². The molecule has 2 aromatic rings. The third-order valence-electron chi connectivity index (χ3n) is 2.38. The van der Waals surface area contributed by atoms with E-state index < -0.39 is 5.97 Å². The van der Waals surface area contributed by atoms with E-state index in [0.29, 0.717) is 6.54 Å². The van der Waals surface area contributed by atoms with Crippen LogP contribution in [0.2, 0.25) is 0 Å². The summed E-state index contributed by atoms with van der Waals surface area (Å²) in [5, 5.41) is 9.45. The fourth-order valence-corrected chi connectivity index (χ4v) is 2.40. The Morgan fingerprint density at radius 1 is 1.39 bits per heavy atom. The van der Waals surface area contributed by atoms with Gasteiger partial charge >= 0.3 is 5.97 Å². The Kier molecular flexibility index (Phi) is 4.04. The summed E-state index contributed by atoms with van der Waals surface area (Å²) < 4.78 is 1.98. The molecule has 1 aromatic heterocycles. The van der Waals surface area contributed by atoms with Crippen LogP contribution in [0.3, 0.4) is 0 Å². The van der Waals surface area contributed by atoms with Crippen molar-refractivity contribution in [2.45, 2.75) is 18.6 Å². The minimum atomic E-state index is -0.827. The maximum absolute atomic E-state index is 10.6. The highest BCUT2D eigenvalue weighted by molar-refractivity contribution is 7.99. The van der Waals surface area contributed by atoms with Crippen LogP contribution in [0.5, 0.6) is 0 Å². The normalized spacial score (nSPS) is 10.5. The molecule has 0 aliphatic rings. The molecule has 0 fully saturated rings. The molecule has 18 heavy (non-hydrogen) atoms. The number of aryl methyl sites for hydroxylation is 1. The van der Waals surface area contributed by atoms with Gasteiger partial charge in [-0.3, -0.25) is 4.79 Å². The second-order valence-corrected chi connectivity index (χ2v) is 4.90. The van der Waals surface area contributed by atoms with Crippen LogP contribution in [0, 0.1) is 6.92 Å². The summed E-state index contributed by atoms with van der Waals surface area (Å²) in [6.45, 7) is 2.62. The quantitative estimate of drug-likeness (QED) is 0.841. The van der Waals surface area contributed by atoms with E-state index in [1.54, 1.807) is 0 Å². The molecular weight excluding hydrogens is 248 g/mol. The SMILES string of the molecule is Cc1cn(Cc2ccccc2)c(SCC(=O)O)n1. The molecule has 1 heterocycles. The minimum Gasteiger partial charge on any atom is -0.481 e. The van der Waals surface area contributed by atoms with Gasteiger partial charge in [-0.15, -0.1) is 0 Å². The highest BCUT2D eigenvalue weighted by Crippen LogP contribution is 2.18. The van der Waals surface area contributed by atoms with Gasteiger partial charge < -0.3 is 9.67 Å². The van der Waals surface area contributed by atoms with Crippen LogP contribution in [-0.4, -0.2) is 26.4 Å². The predicted molar refractivity (Wildman–Crippen MR) is 70.9 cm³/mol. The second kappa shape index (κ2) is 5.73. The van der Waals surface area contributed by atoms with Crippen LogP contribution in [0.4, 0.5) is 0 Å². The van der Waals surface area contributed by atoms with Crippen LogP contribution in [0.15, 0.2) is 41.7 Å². The van der Waals surface area contributed by atoms with Gasteiger partial charge in [-0.25, -0.2) is 4.98 Å². The summed E-state index contributed by atoms with van der Waals surface area (Å²) in [4.78, 5) is 14.9. The number of hydrogen-bond acceptors (Lipinski definition) is 3. The number of nitrogens with zero attached hydrogens (tertiary/aromatic N) is 2. The van der Waals surface area contributed by atoms with E-state index >= 15 is 0 Å². The van der Waals surface area contributed by atoms with Gasteiger partial charge in [0.25, 0.3) is 0 Å². The molecule has 4 nitrogen and oxygen atoms in total. The molecule has 2 rings (SSSR count). The lowest BCUT2D eigenvalue weighted by Gasteiger charge is -2.06. The van der Waals surface area contributed by atoms with Crippen LogP contribution < -0.4 is 0 Å². The molecule has 0 bridgehead atoms. The molecule has 0 aliphatic carbocycles. The van der Waals surface area contributed by atoms with Gasteiger partial charge in [0.05, 0.1) is 11.4 Å². The average Bonchev–Trinajstić information content (AvgIpc) is 2.68. The van der Waals surface area contributed by atoms with E-state index in [4.69, 9.17) is 5.11 Å².